The van der Waals surface area contributed by atoms with Gasteiger partial charge in [0.2, 0.25) is 0 Å². The summed E-state index contributed by atoms with van der Waals surface area (Å²) in [6, 6.07) is 16.5. The predicted molar refractivity (Wildman–Crippen MR) is 134 cm³/mol. The van der Waals surface area contributed by atoms with E-state index in [9.17, 15) is 0 Å². The maximum absolute atomic E-state index is 6.03. The number of hydrogen-bond acceptors (Lipinski definition) is 3. The van der Waals surface area contributed by atoms with Crippen LogP contribution in [-0.2, 0) is 29.0 Å². The molecular formula is C23H31ClIN3O2. The molecule has 0 amide bonds. The van der Waals surface area contributed by atoms with Gasteiger partial charge < -0.3 is 20.1 Å². The SMILES string of the molecule is CN=C(NCCc1cccc(Cl)c1)NCc1ccc(COC2CCOCC2)cc1.I. The van der Waals surface area contributed by atoms with Gasteiger partial charge in [0.25, 0.3) is 0 Å². The Bertz CT molecular complexity index is 780. The third kappa shape index (κ3) is 8.79. The predicted octanol–water partition coefficient (Wildman–Crippen LogP) is 4.56. The molecule has 0 bridgehead atoms. The molecule has 5 nitrogen and oxygen atoms in total. The molecule has 30 heavy (non-hydrogen) atoms. The molecule has 1 fully saturated rings. The summed E-state index contributed by atoms with van der Waals surface area (Å²) in [6.45, 7) is 3.79. The largest absolute Gasteiger partial charge is 0.381 e. The molecule has 2 aromatic carbocycles. The number of aliphatic imine (C=N–C) groups is 1. The lowest BCUT2D eigenvalue weighted by Gasteiger charge is -2.22. The first-order valence-electron chi connectivity index (χ1n) is 10.2. The highest BCUT2D eigenvalue weighted by Crippen LogP contribution is 2.14. The van der Waals surface area contributed by atoms with E-state index in [0.717, 1.165) is 56.5 Å². The van der Waals surface area contributed by atoms with Crippen molar-refractivity contribution in [2.45, 2.75) is 38.5 Å². The standard InChI is InChI=1S/C23H30ClN3O2.HI/c1-25-23(26-12-9-18-3-2-4-21(24)15-18)27-16-19-5-7-20(8-6-19)17-29-22-10-13-28-14-11-22;/h2-8,15,22H,9-14,16-17H2,1H3,(H2,25,26,27);1H. The van der Waals surface area contributed by atoms with Gasteiger partial charge in [-0.15, -0.1) is 24.0 Å². The Morgan fingerprint density at radius 1 is 1.07 bits per heavy atom. The third-order valence-electron chi connectivity index (χ3n) is 4.96. The van der Waals surface area contributed by atoms with Crippen molar-refractivity contribution < 1.29 is 9.47 Å². The molecule has 0 atom stereocenters. The van der Waals surface area contributed by atoms with Crippen LogP contribution in [0, 0.1) is 0 Å². The van der Waals surface area contributed by atoms with Crippen molar-refractivity contribution in [1.29, 1.82) is 0 Å². The van der Waals surface area contributed by atoms with Gasteiger partial charge in [-0.1, -0.05) is 48.0 Å². The average molecular weight is 544 g/mol. The Morgan fingerprint density at radius 2 is 1.80 bits per heavy atom. The number of rotatable bonds is 8. The monoisotopic (exact) mass is 543 g/mol. The van der Waals surface area contributed by atoms with Crippen LogP contribution >= 0.6 is 35.6 Å². The molecular weight excluding hydrogens is 513 g/mol. The van der Waals surface area contributed by atoms with E-state index in [1.165, 1.54) is 16.7 Å². The molecule has 0 aliphatic carbocycles. The Balaban J connectivity index is 0.00000320. The van der Waals surface area contributed by atoms with Gasteiger partial charge in [-0.25, -0.2) is 0 Å². The molecule has 0 unspecified atom stereocenters. The van der Waals surface area contributed by atoms with Crippen LogP contribution in [0.25, 0.3) is 0 Å². The van der Waals surface area contributed by atoms with Crippen LogP contribution < -0.4 is 10.6 Å². The summed E-state index contributed by atoms with van der Waals surface area (Å²) >= 11 is 6.03. The van der Waals surface area contributed by atoms with Crippen molar-refractivity contribution in [2.75, 3.05) is 26.8 Å². The Labute approximate surface area is 201 Å². The summed E-state index contributed by atoms with van der Waals surface area (Å²) in [6.07, 6.45) is 3.20. The lowest BCUT2D eigenvalue weighted by molar-refractivity contribution is -0.0390. The Kier molecular flexibility index (Phi) is 11.5. The number of guanidine groups is 1. The van der Waals surface area contributed by atoms with Crippen LogP contribution in [0.4, 0.5) is 0 Å². The van der Waals surface area contributed by atoms with Crippen molar-refractivity contribution in [2.24, 2.45) is 4.99 Å². The molecule has 1 saturated heterocycles. The number of hydrogen-bond donors (Lipinski definition) is 2. The molecule has 1 aliphatic heterocycles. The van der Waals surface area contributed by atoms with Crippen LogP contribution in [0.2, 0.25) is 5.02 Å². The molecule has 3 rings (SSSR count). The van der Waals surface area contributed by atoms with Crippen LogP contribution in [-0.4, -0.2) is 38.9 Å². The van der Waals surface area contributed by atoms with Gasteiger partial charge >= 0.3 is 0 Å². The molecule has 0 spiro atoms. The molecule has 7 heteroatoms. The van der Waals surface area contributed by atoms with Gasteiger partial charge in [0, 0.05) is 38.4 Å². The van der Waals surface area contributed by atoms with Gasteiger partial charge in [0.1, 0.15) is 0 Å². The molecule has 1 heterocycles. The number of nitrogens with one attached hydrogen (secondary N) is 2. The second-order valence-corrected chi connectivity index (χ2v) is 7.61. The van der Waals surface area contributed by atoms with E-state index < -0.39 is 0 Å². The smallest absolute Gasteiger partial charge is 0.191 e. The van der Waals surface area contributed by atoms with E-state index in [4.69, 9.17) is 21.1 Å². The van der Waals surface area contributed by atoms with Gasteiger partial charge in [-0.3, -0.25) is 4.99 Å². The third-order valence-corrected chi connectivity index (χ3v) is 5.19. The summed E-state index contributed by atoms with van der Waals surface area (Å²) in [7, 11) is 1.78. The van der Waals surface area contributed by atoms with Crippen LogP contribution in [0.15, 0.2) is 53.5 Å². The van der Waals surface area contributed by atoms with E-state index in [1.54, 1.807) is 7.05 Å². The van der Waals surface area contributed by atoms with Crippen LogP contribution in [0.5, 0.6) is 0 Å². The Morgan fingerprint density at radius 3 is 2.50 bits per heavy atom. The fourth-order valence-corrected chi connectivity index (χ4v) is 3.45. The van der Waals surface area contributed by atoms with E-state index in [0.29, 0.717) is 12.7 Å². The van der Waals surface area contributed by atoms with Crippen molar-refractivity contribution in [3.8, 4) is 0 Å². The van der Waals surface area contributed by atoms with Gasteiger partial charge in [0.15, 0.2) is 5.96 Å². The molecule has 0 saturated carbocycles. The van der Waals surface area contributed by atoms with E-state index >= 15 is 0 Å². The van der Waals surface area contributed by atoms with Crippen LogP contribution in [0.1, 0.15) is 29.5 Å². The highest BCUT2D eigenvalue weighted by Gasteiger charge is 2.13. The topological polar surface area (TPSA) is 54.9 Å². The number of nitrogens with zero attached hydrogens (tertiary/aromatic N) is 1. The zero-order chi connectivity index (χ0) is 20.3. The Hall–Kier alpha value is -1.35. The number of halogens is 2. The van der Waals surface area contributed by atoms with Crippen LogP contribution in [0.3, 0.4) is 0 Å². The van der Waals surface area contributed by atoms with Crippen molar-refractivity contribution in [1.82, 2.24) is 10.6 Å². The summed E-state index contributed by atoms with van der Waals surface area (Å²) in [5, 5.41) is 7.47. The fourth-order valence-electron chi connectivity index (χ4n) is 3.23. The van der Waals surface area contributed by atoms with Gasteiger partial charge in [-0.05, 0) is 48.1 Å². The zero-order valence-electron chi connectivity index (χ0n) is 17.4. The second kappa shape index (κ2) is 13.9. The van der Waals surface area contributed by atoms with Gasteiger partial charge in [0.05, 0.1) is 12.7 Å². The molecule has 2 N–H and O–H groups in total. The second-order valence-electron chi connectivity index (χ2n) is 7.17. The lowest BCUT2D eigenvalue weighted by Crippen LogP contribution is -2.37. The maximum Gasteiger partial charge on any atom is 0.191 e. The maximum atomic E-state index is 6.03. The number of benzene rings is 2. The van der Waals surface area contributed by atoms with Crippen molar-refractivity contribution >= 4 is 41.5 Å². The summed E-state index contributed by atoms with van der Waals surface area (Å²) in [5.74, 6) is 0.791. The highest BCUT2D eigenvalue weighted by atomic mass is 127. The highest BCUT2D eigenvalue weighted by molar-refractivity contribution is 14.0. The average Bonchev–Trinajstić information content (AvgIpc) is 2.76. The summed E-state index contributed by atoms with van der Waals surface area (Å²) < 4.78 is 11.3. The first-order chi connectivity index (χ1) is 14.2. The summed E-state index contributed by atoms with van der Waals surface area (Å²) in [5.41, 5.74) is 3.61. The summed E-state index contributed by atoms with van der Waals surface area (Å²) in [4.78, 5) is 4.29. The minimum Gasteiger partial charge on any atom is -0.381 e. The number of ether oxygens (including phenoxy) is 2. The quantitative estimate of drug-likeness (QED) is 0.291. The first-order valence-corrected chi connectivity index (χ1v) is 10.6. The minimum atomic E-state index is 0. The van der Waals surface area contributed by atoms with Crippen molar-refractivity contribution in [3.05, 3.63) is 70.2 Å². The molecule has 0 aromatic heterocycles. The molecule has 164 valence electrons. The molecule has 1 aliphatic rings. The van der Waals surface area contributed by atoms with E-state index in [2.05, 4.69) is 46.0 Å². The first kappa shape index (κ1) is 24.9. The molecule has 0 radical (unpaired) electrons. The minimum absolute atomic E-state index is 0. The van der Waals surface area contributed by atoms with E-state index in [-0.39, 0.29) is 24.0 Å². The van der Waals surface area contributed by atoms with Crippen molar-refractivity contribution in [3.63, 3.8) is 0 Å². The fraction of sp³-hybridized carbons (Fsp3) is 0.435. The zero-order valence-corrected chi connectivity index (χ0v) is 20.5. The molecule has 2 aromatic rings. The van der Waals surface area contributed by atoms with Gasteiger partial charge in [-0.2, -0.15) is 0 Å². The normalized spacial score (nSPS) is 14.8. The van der Waals surface area contributed by atoms with E-state index in [1.807, 2.05) is 18.2 Å². The lowest BCUT2D eigenvalue weighted by atomic mass is 10.1.